The van der Waals surface area contributed by atoms with E-state index in [-0.39, 0.29) is 81.6 Å². The molecule has 3 aromatic rings. The number of hydrogen-bond acceptors (Lipinski definition) is 17. The number of ether oxygens (including phenoxy) is 7. The van der Waals surface area contributed by atoms with Crippen molar-refractivity contribution in [2.45, 2.75) is 233 Å². The summed E-state index contributed by atoms with van der Waals surface area (Å²) in [5, 5.41) is 65.0. The van der Waals surface area contributed by atoms with Gasteiger partial charge in [0.25, 0.3) is 17.7 Å². The molecule has 3 spiro atoms. The zero-order valence-electron chi connectivity index (χ0n) is 55.8. The van der Waals surface area contributed by atoms with E-state index in [0.717, 1.165) is 90.9 Å². The Hall–Kier alpha value is -6.37. The van der Waals surface area contributed by atoms with Crippen LogP contribution in [0.25, 0.3) is 0 Å². The molecule has 6 heterocycles. The number of carbonyl (C=O) groups excluding carboxylic acids is 4. The van der Waals surface area contributed by atoms with Gasteiger partial charge in [-0.1, -0.05) is 53.8 Å². The largest absolute Gasteiger partial charge is 0.632 e. The van der Waals surface area contributed by atoms with Crippen LogP contribution in [-0.4, -0.2) is 186 Å². The fourth-order valence-corrected chi connectivity index (χ4v) is 21.5. The highest BCUT2D eigenvalue weighted by molar-refractivity contribution is 5.99. The van der Waals surface area contributed by atoms with Crippen molar-refractivity contribution in [3.8, 4) is 53.3 Å². The van der Waals surface area contributed by atoms with Crippen LogP contribution in [-0.2, 0) is 59.2 Å². The number of Topliss-reactive ketones (excluding diaryl/α,β-unsaturated/α-hetero) is 1. The molecule has 9 aliphatic carbocycles. The van der Waals surface area contributed by atoms with Gasteiger partial charge in [0.05, 0.1) is 64.7 Å². The molecule has 3 amide bonds. The normalized spacial score (nSPS) is 36.1. The van der Waals surface area contributed by atoms with E-state index in [1.54, 1.807) is 53.6 Å². The highest BCUT2D eigenvalue weighted by atomic mass is 35.5. The summed E-state index contributed by atoms with van der Waals surface area (Å²) in [6.07, 6.45) is 15.3. The van der Waals surface area contributed by atoms with Crippen molar-refractivity contribution in [1.82, 2.24) is 4.90 Å². The van der Waals surface area contributed by atoms with Gasteiger partial charge in [-0.15, -0.1) is 18.8 Å². The summed E-state index contributed by atoms with van der Waals surface area (Å²) >= 11 is 0. The predicted molar refractivity (Wildman–Crippen MR) is 381 cm³/mol. The Kier molecular flexibility index (Phi) is 20.4. The summed E-state index contributed by atoms with van der Waals surface area (Å²) in [4.78, 5) is 51.8. The third kappa shape index (κ3) is 10.6. The number of amides is 3. The highest BCUT2D eigenvalue weighted by Gasteiger charge is 2.81. The van der Waals surface area contributed by atoms with Gasteiger partial charge in [0, 0.05) is 114 Å². The number of ketones is 1. The number of carbonyl (C=O) groups is 4. The number of nitrogens with zero attached hydrogens (tertiary/aromatic N) is 3. The van der Waals surface area contributed by atoms with Crippen molar-refractivity contribution < 1.29 is 76.9 Å². The molecule has 9 fully saturated rings. The molecule has 0 aromatic heterocycles. The van der Waals surface area contributed by atoms with Crippen LogP contribution < -0.4 is 31.4 Å². The van der Waals surface area contributed by atoms with Crippen molar-refractivity contribution in [3.63, 3.8) is 0 Å². The molecular formula is C78H105ClN6O16. The number of aliphatic hydroxyl groups is 3. The second kappa shape index (κ2) is 26.6. The lowest BCUT2D eigenvalue weighted by atomic mass is 9.47. The van der Waals surface area contributed by atoms with Crippen LogP contribution in [0.2, 0.25) is 0 Å². The summed E-state index contributed by atoms with van der Waals surface area (Å²) in [7, 11) is 6.43. The molecule has 14 atom stereocenters. The predicted octanol–water partition coefficient (Wildman–Crippen LogP) is 7.23. The minimum absolute atomic E-state index is 0. The van der Waals surface area contributed by atoms with Crippen LogP contribution in [0.5, 0.6) is 17.2 Å². The van der Waals surface area contributed by atoms with Crippen molar-refractivity contribution in [2.24, 2.45) is 35.0 Å². The number of terminal acetylenes is 1. The minimum Gasteiger partial charge on any atom is -0.632 e. The van der Waals surface area contributed by atoms with Gasteiger partial charge in [0.1, 0.15) is 40.5 Å². The third-order valence-electron chi connectivity index (χ3n) is 26.2. The monoisotopic (exact) mass is 1420 g/mol. The SMILES string of the molecule is C.C.C.C.C#CC#CC#CC.COC1(OC)CC[C@@]2(O)[C@H]3Cc4ccc(C(N)=O)c5c4[C@@]2(CCN3CC2CC2)[C@H]1O5.COC1(OC)CC[C@@]2(O)[C@H]3Cc4ccc(C(N)=O)c5c4[C@@]2(CC[N+]3([O-])CC2CC2)[C@H]1O5.Cl.NC(=O)c1ccc2c3c1O[C@H]1C(=O)CC[C@@]4(O)[C@@H](C2)[N+]([O-])(CC2CC2)CC[C@]314. The molecule has 6 saturated carbocycles. The van der Waals surface area contributed by atoms with Crippen molar-refractivity contribution in [3.05, 3.63) is 96.9 Å². The maximum Gasteiger partial charge on any atom is 0.252 e. The van der Waals surface area contributed by atoms with Crippen molar-refractivity contribution >= 4 is 35.9 Å². The van der Waals surface area contributed by atoms with Crippen LogP contribution >= 0.6 is 12.4 Å². The lowest BCUT2D eigenvalue weighted by Crippen LogP contribution is -2.82. The van der Waals surface area contributed by atoms with Gasteiger partial charge in [0.15, 0.2) is 24.1 Å². The van der Waals surface area contributed by atoms with Gasteiger partial charge in [-0.2, -0.15) is 0 Å². The van der Waals surface area contributed by atoms with Gasteiger partial charge >= 0.3 is 0 Å². The second-order valence-electron chi connectivity index (χ2n) is 30.3. The summed E-state index contributed by atoms with van der Waals surface area (Å²) in [5.41, 5.74) is 17.5. The Morgan fingerprint density at radius 3 is 1.43 bits per heavy atom. The number of quaternary nitrogens is 2. The lowest BCUT2D eigenvalue weighted by Gasteiger charge is -2.69. The number of methoxy groups -OCH3 is 4. The maximum absolute atomic E-state index is 14.2. The van der Waals surface area contributed by atoms with Crippen molar-refractivity contribution in [1.29, 1.82) is 0 Å². The Morgan fingerprint density at radius 1 is 0.574 bits per heavy atom. The molecule has 101 heavy (non-hydrogen) atoms. The summed E-state index contributed by atoms with van der Waals surface area (Å²) in [6, 6.07) is 9.89. The average Bonchev–Trinajstić information content (AvgIpc) is 1.56. The summed E-state index contributed by atoms with van der Waals surface area (Å²) in [6.45, 7) is 5.55. The molecule has 15 aliphatic rings. The molecule has 2 unspecified atom stereocenters. The third-order valence-corrected chi connectivity index (χ3v) is 26.2. The number of benzene rings is 3. The Balaban J connectivity index is 0.000000152. The van der Waals surface area contributed by atoms with E-state index in [2.05, 4.69) is 34.5 Å². The lowest BCUT2D eigenvalue weighted by molar-refractivity contribution is -0.924. The molecule has 0 radical (unpaired) electrons. The molecule has 550 valence electrons. The van der Waals surface area contributed by atoms with Crippen molar-refractivity contribution in [2.75, 3.05) is 67.7 Å². The Bertz CT molecular complexity index is 3990. The first-order chi connectivity index (χ1) is 45.9. The fourth-order valence-electron chi connectivity index (χ4n) is 21.5. The topological polar surface area (TPSA) is 321 Å². The van der Waals surface area contributed by atoms with E-state index in [0.29, 0.717) is 118 Å². The first kappa shape index (κ1) is 77.2. The number of hydrogen-bond donors (Lipinski definition) is 6. The molecular weight excluding hydrogens is 1310 g/mol. The Morgan fingerprint density at radius 2 is 0.990 bits per heavy atom. The van der Waals surface area contributed by atoms with Gasteiger partial charge in [-0.3, -0.25) is 24.1 Å². The number of nitrogens with two attached hydrogens (primary N) is 3. The number of primary amides is 3. The van der Waals surface area contributed by atoms with E-state index in [4.69, 9.17) is 56.8 Å². The summed E-state index contributed by atoms with van der Waals surface area (Å²) in [5.74, 6) is 11.2. The van der Waals surface area contributed by atoms with Gasteiger partial charge in [-0.25, -0.2) is 0 Å². The van der Waals surface area contributed by atoms with E-state index >= 15 is 0 Å². The number of piperidine rings is 3. The van der Waals surface area contributed by atoms with E-state index in [9.17, 15) is 44.9 Å². The smallest absolute Gasteiger partial charge is 0.252 e. The van der Waals surface area contributed by atoms with E-state index < -0.39 is 92.7 Å². The van der Waals surface area contributed by atoms with Crippen LogP contribution in [0.3, 0.4) is 0 Å². The molecule has 22 nitrogen and oxygen atoms in total. The second-order valence-corrected chi connectivity index (χ2v) is 30.3. The van der Waals surface area contributed by atoms with Crippen LogP contribution in [0.1, 0.15) is 197 Å². The van der Waals surface area contributed by atoms with Crippen LogP contribution in [0.15, 0.2) is 36.4 Å². The molecule has 18 rings (SSSR count). The molecule has 3 saturated heterocycles. The Labute approximate surface area is 601 Å². The average molecular weight is 1420 g/mol. The van der Waals surface area contributed by atoms with Gasteiger partial charge in [-0.05, 0) is 149 Å². The molecule has 23 heteroatoms. The highest BCUT2D eigenvalue weighted by Crippen LogP contribution is 2.71. The number of hydroxylamine groups is 6. The van der Waals surface area contributed by atoms with Gasteiger partial charge < -0.3 is 85.4 Å². The number of halogens is 1. The first-order valence-electron chi connectivity index (χ1n) is 34.4. The molecule has 6 bridgehead atoms. The molecule has 6 aliphatic heterocycles. The molecule has 9 N–H and O–H groups in total. The maximum atomic E-state index is 14.2. The zero-order valence-corrected chi connectivity index (χ0v) is 56.7. The van der Waals surface area contributed by atoms with Crippen LogP contribution in [0.4, 0.5) is 0 Å². The number of likely N-dealkylation sites (tertiary alicyclic amines) is 3. The minimum atomic E-state index is -1.30. The standard InChI is InChI=1S/C23H30N2O6.C23H30N2O5.C21H24N2O5.C7H4.4CH4.ClH/c1-29-23(30-2)8-7-22(27)16-11-14-5-6-15(19(24)26)18-17(14)21(22,20(23)31-18)9-10-25(16,28)12-13-3-4-13;1-28-23(29-2)8-7-22(27)16-11-14-5-6-15(19(24)26)18-17(14)21(22,20(23)30-18)9-10-25(16)12-13-3-4-13;22-19(25)13-4-3-12-9-15-21(26)6-5-14(24)18-20(21,16(12)17(13)28-18)7-8-23(15,27)10-11-1-2-11;1-3-5-7-6-4-2;;;;;/h5-6,13,16,20,27H,3-4,7-12H2,1-2H3,(H2,24,26);5-6,13,16,20,27H,3-4,7-12H2,1-2H3,(H2,24,26);3-4,11,15,18,26H,1-2,5-10H2,(H2,22,25);1H,2H3;4*1H4;1H/t16-,20-,21+,22-,25?;16-,20-,21+,22-;15-,18+,20+,21-,23?;;;;;;/m111....../s1. The zero-order chi connectivity index (χ0) is 67.7. The van der Waals surface area contributed by atoms with E-state index in [1.807, 2.05) is 18.2 Å². The van der Waals surface area contributed by atoms with Gasteiger partial charge in [0.2, 0.25) is 11.6 Å². The quantitative estimate of drug-likeness (QED) is 0.0425. The molecule has 3 aromatic carbocycles. The van der Waals surface area contributed by atoms with E-state index in [1.165, 1.54) is 12.8 Å². The summed E-state index contributed by atoms with van der Waals surface area (Å²) < 4.78 is 42.0. The fraction of sp³-hybridized carbons (Fsp3) is 0.641. The van der Waals surface area contributed by atoms with Crippen LogP contribution in [0, 0.1) is 64.2 Å². The first-order valence-corrected chi connectivity index (χ1v) is 34.4. The number of rotatable bonds is 13.